The number of nitrogens with zero attached hydrogens (tertiary/aromatic N) is 1. The van der Waals surface area contributed by atoms with Gasteiger partial charge in [0.15, 0.2) is 5.78 Å². The minimum Gasteiger partial charge on any atom is -0.468 e. The Balaban J connectivity index is 2.22. The van der Waals surface area contributed by atoms with E-state index in [1.807, 2.05) is 24.3 Å². The molecular formula is C17H20ClNO3. The van der Waals surface area contributed by atoms with E-state index in [1.165, 1.54) is 7.11 Å². The molecule has 1 heterocycles. The number of benzene rings is 1. The van der Waals surface area contributed by atoms with Gasteiger partial charge in [0.2, 0.25) is 0 Å². The third kappa shape index (κ3) is 3.23. The standard InChI is InChI=1S/C17H20ClNO3/c1-3-9-17(16(21)22-2)12-19(10-8-15(17)20)11-13-6-4-5-7-14(13)18/h3-7H,1,8-12H2,2H3. The first-order valence-electron chi connectivity index (χ1n) is 7.22. The molecule has 1 saturated heterocycles. The predicted molar refractivity (Wildman–Crippen MR) is 85.6 cm³/mol. The van der Waals surface area contributed by atoms with E-state index in [2.05, 4.69) is 11.5 Å². The Kier molecular flexibility index (Phi) is 5.37. The Hall–Kier alpha value is -1.65. The number of halogens is 1. The van der Waals surface area contributed by atoms with Crippen LogP contribution in [0.3, 0.4) is 0 Å². The molecule has 1 atom stereocenters. The molecule has 0 aromatic heterocycles. The summed E-state index contributed by atoms with van der Waals surface area (Å²) in [6, 6.07) is 7.59. The van der Waals surface area contributed by atoms with Gasteiger partial charge in [-0.25, -0.2) is 0 Å². The maximum Gasteiger partial charge on any atom is 0.321 e. The van der Waals surface area contributed by atoms with Gasteiger partial charge in [0.25, 0.3) is 0 Å². The Morgan fingerprint density at radius 3 is 2.86 bits per heavy atom. The summed E-state index contributed by atoms with van der Waals surface area (Å²) in [4.78, 5) is 26.7. The number of allylic oxidation sites excluding steroid dienone is 1. The number of carbonyl (C=O) groups excluding carboxylic acids is 2. The second-order valence-corrected chi connectivity index (χ2v) is 5.95. The highest BCUT2D eigenvalue weighted by molar-refractivity contribution is 6.31. The fraction of sp³-hybridized carbons (Fsp3) is 0.412. The SMILES string of the molecule is C=CCC1(C(=O)OC)CN(Cc2ccccc2Cl)CCC1=O. The van der Waals surface area contributed by atoms with Crippen LogP contribution in [0.1, 0.15) is 18.4 Å². The third-order valence-corrected chi connectivity index (χ3v) is 4.47. The quantitative estimate of drug-likeness (QED) is 0.475. The fourth-order valence-corrected chi connectivity index (χ4v) is 3.13. The molecule has 0 bridgehead atoms. The summed E-state index contributed by atoms with van der Waals surface area (Å²) in [6.45, 7) is 5.21. The molecule has 1 aliphatic heterocycles. The van der Waals surface area contributed by atoms with Gasteiger partial charge in [0.05, 0.1) is 7.11 Å². The van der Waals surface area contributed by atoms with Crippen molar-refractivity contribution in [1.29, 1.82) is 0 Å². The zero-order valence-corrected chi connectivity index (χ0v) is 13.4. The first kappa shape index (κ1) is 16.7. The van der Waals surface area contributed by atoms with Crippen molar-refractivity contribution in [2.24, 2.45) is 5.41 Å². The highest BCUT2D eigenvalue weighted by Crippen LogP contribution is 2.33. The van der Waals surface area contributed by atoms with E-state index in [1.54, 1.807) is 6.08 Å². The van der Waals surface area contributed by atoms with Crippen LogP contribution in [0.25, 0.3) is 0 Å². The summed E-state index contributed by atoms with van der Waals surface area (Å²) in [5.74, 6) is -0.559. The van der Waals surface area contributed by atoms with Crippen LogP contribution < -0.4 is 0 Å². The first-order chi connectivity index (χ1) is 10.5. The summed E-state index contributed by atoms with van der Waals surface area (Å²) in [5, 5.41) is 0.687. The number of Topliss-reactive ketones (excluding diaryl/α,β-unsaturated/α-hetero) is 1. The van der Waals surface area contributed by atoms with Gasteiger partial charge in [-0.1, -0.05) is 35.9 Å². The first-order valence-corrected chi connectivity index (χ1v) is 7.59. The lowest BCUT2D eigenvalue weighted by Crippen LogP contribution is -2.53. The summed E-state index contributed by atoms with van der Waals surface area (Å²) in [5.41, 5.74) is -0.161. The van der Waals surface area contributed by atoms with Crippen molar-refractivity contribution >= 4 is 23.4 Å². The smallest absolute Gasteiger partial charge is 0.321 e. The van der Waals surface area contributed by atoms with Crippen molar-refractivity contribution in [3.8, 4) is 0 Å². The minimum atomic E-state index is -1.14. The molecule has 0 amide bonds. The van der Waals surface area contributed by atoms with E-state index in [4.69, 9.17) is 16.3 Å². The summed E-state index contributed by atoms with van der Waals surface area (Å²) < 4.78 is 4.88. The molecule has 5 heteroatoms. The summed E-state index contributed by atoms with van der Waals surface area (Å²) in [7, 11) is 1.31. The molecule has 1 fully saturated rings. The van der Waals surface area contributed by atoms with Gasteiger partial charge in [-0.05, 0) is 18.1 Å². The fourth-order valence-electron chi connectivity index (χ4n) is 2.93. The number of likely N-dealkylation sites (tertiary alicyclic amines) is 1. The minimum absolute atomic E-state index is 0.0744. The van der Waals surface area contributed by atoms with E-state index in [0.29, 0.717) is 31.1 Å². The second kappa shape index (κ2) is 7.07. The molecule has 1 aromatic rings. The van der Waals surface area contributed by atoms with Crippen molar-refractivity contribution in [3.05, 3.63) is 47.5 Å². The maximum absolute atomic E-state index is 12.4. The predicted octanol–water partition coefficient (Wildman–Crippen LogP) is 2.85. The van der Waals surface area contributed by atoms with E-state index in [9.17, 15) is 9.59 Å². The number of methoxy groups -OCH3 is 1. The molecule has 0 saturated carbocycles. The van der Waals surface area contributed by atoms with Gasteiger partial charge in [0.1, 0.15) is 5.41 Å². The molecule has 0 radical (unpaired) electrons. The Bertz CT molecular complexity index is 577. The number of esters is 1. The number of ether oxygens (including phenoxy) is 1. The largest absolute Gasteiger partial charge is 0.468 e. The normalized spacial score (nSPS) is 22.4. The monoisotopic (exact) mass is 321 g/mol. The molecular weight excluding hydrogens is 302 g/mol. The number of ketones is 1. The zero-order valence-electron chi connectivity index (χ0n) is 12.7. The van der Waals surface area contributed by atoms with Crippen LogP contribution in [-0.2, 0) is 20.9 Å². The van der Waals surface area contributed by atoms with E-state index >= 15 is 0 Å². The third-order valence-electron chi connectivity index (χ3n) is 4.10. The van der Waals surface area contributed by atoms with Crippen LogP contribution in [0.4, 0.5) is 0 Å². The average Bonchev–Trinajstić information content (AvgIpc) is 2.52. The van der Waals surface area contributed by atoms with Gasteiger partial charge in [-0.15, -0.1) is 6.58 Å². The lowest BCUT2D eigenvalue weighted by Gasteiger charge is -2.39. The number of hydrogen-bond donors (Lipinski definition) is 0. The average molecular weight is 322 g/mol. The lowest BCUT2D eigenvalue weighted by atomic mass is 9.75. The molecule has 1 aliphatic rings. The summed E-state index contributed by atoms with van der Waals surface area (Å²) >= 11 is 6.19. The molecule has 118 valence electrons. The number of rotatable bonds is 5. The second-order valence-electron chi connectivity index (χ2n) is 5.54. The van der Waals surface area contributed by atoms with E-state index in [0.717, 1.165) is 5.56 Å². The highest BCUT2D eigenvalue weighted by atomic mass is 35.5. The van der Waals surface area contributed by atoms with Crippen molar-refractivity contribution in [2.75, 3.05) is 20.2 Å². The number of carbonyl (C=O) groups is 2. The molecule has 0 aliphatic carbocycles. The Labute approximate surface area is 135 Å². The van der Waals surface area contributed by atoms with Crippen LogP contribution in [0, 0.1) is 5.41 Å². The molecule has 0 N–H and O–H groups in total. The van der Waals surface area contributed by atoms with Crippen molar-refractivity contribution in [2.45, 2.75) is 19.4 Å². The van der Waals surface area contributed by atoms with Crippen LogP contribution in [-0.4, -0.2) is 36.9 Å². The summed E-state index contributed by atoms with van der Waals surface area (Å²) in [6.07, 6.45) is 2.22. The van der Waals surface area contributed by atoms with E-state index in [-0.39, 0.29) is 12.2 Å². The maximum atomic E-state index is 12.4. The molecule has 1 unspecified atom stereocenters. The van der Waals surface area contributed by atoms with Gasteiger partial charge in [-0.3, -0.25) is 14.5 Å². The van der Waals surface area contributed by atoms with Crippen molar-refractivity contribution in [3.63, 3.8) is 0 Å². The van der Waals surface area contributed by atoms with Gasteiger partial charge >= 0.3 is 5.97 Å². The number of piperidine rings is 1. The number of hydrogen-bond acceptors (Lipinski definition) is 4. The van der Waals surface area contributed by atoms with Crippen molar-refractivity contribution < 1.29 is 14.3 Å². The zero-order chi connectivity index (χ0) is 16.2. The van der Waals surface area contributed by atoms with Gasteiger partial charge in [0, 0.05) is 31.1 Å². The molecule has 2 rings (SSSR count). The lowest BCUT2D eigenvalue weighted by molar-refractivity contribution is -0.162. The van der Waals surface area contributed by atoms with Crippen LogP contribution >= 0.6 is 11.6 Å². The Morgan fingerprint density at radius 1 is 1.50 bits per heavy atom. The van der Waals surface area contributed by atoms with Crippen LogP contribution in [0.5, 0.6) is 0 Å². The van der Waals surface area contributed by atoms with Crippen molar-refractivity contribution in [1.82, 2.24) is 4.90 Å². The molecule has 4 nitrogen and oxygen atoms in total. The molecule has 22 heavy (non-hydrogen) atoms. The van der Waals surface area contributed by atoms with Crippen LogP contribution in [0.2, 0.25) is 5.02 Å². The molecule has 0 spiro atoms. The van der Waals surface area contributed by atoms with E-state index < -0.39 is 11.4 Å². The highest BCUT2D eigenvalue weighted by Gasteiger charge is 2.49. The topological polar surface area (TPSA) is 46.6 Å². The van der Waals surface area contributed by atoms with Gasteiger partial charge in [-0.2, -0.15) is 0 Å². The Morgan fingerprint density at radius 2 is 2.23 bits per heavy atom. The molecule has 1 aromatic carbocycles. The van der Waals surface area contributed by atoms with Gasteiger partial charge < -0.3 is 4.74 Å². The van der Waals surface area contributed by atoms with Crippen LogP contribution in [0.15, 0.2) is 36.9 Å².